The van der Waals surface area contributed by atoms with Gasteiger partial charge in [-0.2, -0.15) is 0 Å². The molecule has 0 spiro atoms. The summed E-state index contributed by atoms with van der Waals surface area (Å²) in [5.74, 6) is 0. The summed E-state index contributed by atoms with van der Waals surface area (Å²) < 4.78 is 0. The molecule has 0 aliphatic heterocycles. The van der Waals surface area contributed by atoms with E-state index in [0.29, 0.717) is 12.6 Å². The van der Waals surface area contributed by atoms with Crippen LogP contribution in [0.2, 0.25) is 0 Å². The third kappa shape index (κ3) is 3.16. The summed E-state index contributed by atoms with van der Waals surface area (Å²) in [5.41, 5.74) is 0. The van der Waals surface area contributed by atoms with Gasteiger partial charge in [0.05, 0.1) is 12.7 Å². The molecule has 1 saturated carbocycles. The number of aliphatic hydroxyl groups is 3. The zero-order valence-electron chi connectivity index (χ0n) is 6.40. The summed E-state index contributed by atoms with van der Waals surface area (Å²) in [4.78, 5) is 0. The molecule has 0 aromatic heterocycles. The molecule has 0 saturated heterocycles. The Bertz CT molecular complexity index is 116. The molecule has 1 aliphatic carbocycles. The van der Waals surface area contributed by atoms with Gasteiger partial charge in [0, 0.05) is 12.6 Å². The SMILES string of the molecule is OCC(O)C(O)CNC1CC1. The van der Waals surface area contributed by atoms with Gasteiger partial charge < -0.3 is 20.6 Å². The second kappa shape index (κ2) is 4.01. The lowest BCUT2D eigenvalue weighted by atomic mass is 10.2. The van der Waals surface area contributed by atoms with E-state index in [1.54, 1.807) is 0 Å². The molecule has 1 rings (SSSR count). The molecule has 0 heterocycles. The van der Waals surface area contributed by atoms with Gasteiger partial charge in [-0.05, 0) is 12.8 Å². The normalized spacial score (nSPS) is 23.2. The van der Waals surface area contributed by atoms with Crippen molar-refractivity contribution in [1.29, 1.82) is 0 Å². The highest BCUT2D eigenvalue weighted by Crippen LogP contribution is 2.18. The Hall–Kier alpha value is -0.160. The zero-order chi connectivity index (χ0) is 8.27. The second-order valence-corrected chi connectivity index (χ2v) is 3.00. The maximum Gasteiger partial charge on any atom is 0.104 e. The highest BCUT2D eigenvalue weighted by Gasteiger charge is 2.23. The monoisotopic (exact) mass is 161 g/mol. The Kier molecular flexibility index (Phi) is 3.26. The minimum Gasteiger partial charge on any atom is -0.394 e. The number of hydrogen-bond donors (Lipinski definition) is 4. The van der Waals surface area contributed by atoms with Crippen LogP contribution >= 0.6 is 0 Å². The lowest BCUT2D eigenvalue weighted by molar-refractivity contribution is -0.0129. The van der Waals surface area contributed by atoms with Crippen LogP contribution in [0.4, 0.5) is 0 Å². The van der Waals surface area contributed by atoms with E-state index in [1.807, 2.05) is 0 Å². The lowest BCUT2D eigenvalue weighted by Crippen LogP contribution is -2.38. The van der Waals surface area contributed by atoms with Crippen molar-refractivity contribution < 1.29 is 15.3 Å². The van der Waals surface area contributed by atoms with E-state index in [4.69, 9.17) is 15.3 Å². The van der Waals surface area contributed by atoms with Gasteiger partial charge in [0.1, 0.15) is 6.10 Å². The van der Waals surface area contributed by atoms with Crippen LogP contribution in [-0.2, 0) is 0 Å². The topological polar surface area (TPSA) is 72.7 Å². The molecule has 2 atom stereocenters. The Morgan fingerprint density at radius 3 is 2.36 bits per heavy atom. The second-order valence-electron chi connectivity index (χ2n) is 3.00. The lowest BCUT2D eigenvalue weighted by Gasteiger charge is -2.15. The van der Waals surface area contributed by atoms with E-state index in [1.165, 1.54) is 0 Å². The van der Waals surface area contributed by atoms with Gasteiger partial charge in [-0.15, -0.1) is 0 Å². The molecule has 0 radical (unpaired) electrons. The maximum atomic E-state index is 9.12. The van der Waals surface area contributed by atoms with E-state index in [9.17, 15) is 0 Å². The Morgan fingerprint density at radius 2 is 1.91 bits per heavy atom. The average Bonchev–Trinajstić information content (AvgIpc) is 2.81. The van der Waals surface area contributed by atoms with Crippen LogP contribution in [0.5, 0.6) is 0 Å². The predicted octanol–water partition coefficient (Wildman–Crippen LogP) is -1.55. The summed E-state index contributed by atoms with van der Waals surface area (Å²) in [6.07, 6.45) is 0.450. The molecule has 1 fully saturated rings. The number of nitrogens with one attached hydrogen (secondary N) is 1. The van der Waals surface area contributed by atoms with Crippen molar-refractivity contribution in [1.82, 2.24) is 5.32 Å². The summed E-state index contributed by atoms with van der Waals surface area (Å²) in [6.45, 7) is -0.0140. The summed E-state index contributed by atoms with van der Waals surface area (Å²) in [5, 5.41) is 29.5. The molecule has 11 heavy (non-hydrogen) atoms. The van der Waals surface area contributed by atoms with Crippen LogP contribution < -0.4 is 5.32 Å². The van der Waals surface area contributed by atoms with Crippen LogP contribution in [0, 0.1) is 0 Å². The van der Waals surface area contributed by atoms with Gasteiger partial charge in [0.15, 0.2) is 0 Å². The highest BCUT2D eigenvalue weighted by atomic mass is 16.4. The largest absolute Gasteiger partial charge is 0.394 e. The third-order valence-electron chi connectivity index (χ3n) is 1.82. The summed E-state index contributed by atoms with van der Waals surface area (Å²) in [7, 11) is 0. The third-order valence-corrected chi connectivity index (χ3v) is 1.82. The summed E-state index contributed by atoms with van der Waals surface area (Å²) in [6, 6.07) is 0.524. The fourth-order valence-corrected chi connectivity index (χ4v) is 0.833. The number of rotatable bonds is 5. The fourth-order valence-electron chi connectivity index (χ4n) is 0.833. The van der Waals surface area contributed by atoms with Crippen molar-refractivity contribution in [2.75, 3.05) is 13.2 Å². The van der Waals surface area contributed by atoms with Crippen molar-refractivity contribution in [3.63, 3.8) is 0 Å². The first-order valence-electron chi connectivity index (χ1n) is 3.94. The van der Waals surface area contributed by atoms with Crippen LogP contribution in [0.1, 0.15) is 12.8 Å². The first kappa shape index (κ1) is 8.93. The van der Waals surface area contributed by atoms with Crippen molar-refractivity contribution in [2.24, 2.45) is 0 Å². The Morgan fingerprint density at radius 1 is 1.27 bits per heavy atom. The molecule has 0 aromatic rings. The predicted molar refractivity (Wildman–Crippen MR) is 40.1 cm³/mol. The maximum absolute atomic E-state index is 9.12. The smallest absolute Gasteiger partial charge is 0.104 e. The standard InChI is InChI=1S/C7H15NO3/c9-4-7(11)6(10)3-8-5-1-2-5/h5-11H,1-4H2. The summed E-state index contributed by atoms with van der Waals surface area (Å²) >= 11 is 0. The van der Waals surface area contributed by atoms with Gasteiger partial charge in [-0.25, -0.2) is 0 Å². The van der Waals surface area contributed by atoms with Gasteiger partial charge in [-0.1, -0.05) is 0 Å². The molecular formula is C7H15NO3. The van der Waals surface area contributed by atoms with Crippen molar-refractivity contribution >= 4 is 0 Å². The molecule has 0 amide bonds. The minimum atomic E-state index is -1.01. The molecule has 1 aliphatic rings. The van der Waals surface area contributed by atoms with Gasteiger partial charge in [0.25, 0.3) is 0 Å². The van der Waals surface area contributed by atoms with Gasteiger partial charge in [-0.3, -0.25) is 0 Å². The molecule has 0 bridgehead atoms. The average molecular weight is 161 g/mol. The fraction of sp³-hybridized carbons (Fsp3) is 1.00. The van der Waals surface area contributed by atoms with Gasteiger partial charge in [0.2, 0.25) is 0 Å². The van der Waals surface area contributed by atoms with Crippen LogP contribution in [-0.4, -0.2) is 46.7 Å². The zero-order valence-corrected chi connectivity index (χ0v) is 6.40. The molecule has 66 valence electrons. The van der Waals surface area contributed by atoms with Crippen LogP contribution in [0.15, 0.2) is 0 Å². The Balaban J connectivity index is 2.03. The molecule has 0 aromatic carbocycles. The first-order valence-corrected chi connectivity index (χ1v) is 3.94. The van der Waals surface area contributed by atoms with Gasteiger partial charge >= 0.3 is 0 Å². The number of aliphatic hydroxyl groups excluding tert-OH is 3. The quantitative estimate of drug-likeness (QED) is 0.394. The van der Waals surface area contributed by atoms with E-state index >= 15 is 0 Å². The van der Waals surface area contributed by atoms with E-state index in [-0.39, 0.29) is 6.61 Å². The molecule has 4 heteroatoms. The van der Waals surface area contributed by atoms with Crippen LogP contribution in [0.25, 0.3) is 0 Å². The molecule has 4 nitrogen and oxygen atoms in total. The van der Waals surface area contributed by atoms with Crippen molar-refractivity contribution in [3.8, 4) is 0 Å². The van der Waals surface area contributed by atoms with E-state index in [0.717, 1.165) is 12.8 Å². The Labute approximate surface area is 65.9 Å². The van der Waals surface area contributed by atoms with Crippen molar-refractivity contribution in [3.05, 3.63) is 0 Å². The molecular weight excluding hydrogens is 146 g/mol. The van der Waals surface area contributed by atoms with Crippen molar-refractivity contribution in [2.45, 2.75) is 31.1 Å². The molecule has 4 N–H and O–H groups in total. The first-order chi connectivity index (χ1) is 5.24. The number of hydrogen-bond acceptors (Lipinski definition) is 4. The van der Waals surface area contributed by atoms with Crippen LogP contribution in [0.3, 0.4) is 0 Å². The molecule has 2 unspecified atom stereocenters. The highest BCUT2D eigenvalue weighted by molar-refractivity contribution is 4.82. The van der Waals surface area contributed by atoms with E-state index < -0.39 is 12.2 Å². The van der Waals surface area contributed by atoms with E-state index in [2.05, 4.69) is 5.32 Å². The minimum absolute atomic E-state index is 0.367.